The molecule has 0 aliphatic rings. The standard InChI is InChI=1S/C22H48OP.BrH/c1-4-7-19-24(20-8-5-2,21-9-6-3)22-17-15-13-11-10-12-14-16-18-23;/h23H,4-22H2,1-3H3;1H/q+1;/p-1. The van der Waals surface area contributed by atoms with E-state index in [9.17, 15) is 0 Å². The molecule has 0 aromatic heterocycles. The lowest BCUT2D eigenvalue weighted by atomic mass is 10.1. The van der Waals surface area contributed by atoms with Gasteiger partial charge in [0.05, 0.1) is 24.6 Å². The highest BCUT2D eigenvalue weighted by molar-refractivity contribution is 7.75. The van der Waals surface area contributed by atoms with Crippen molar-refractivity contribution in [2.75, 3.05) is 31.3 Å². The summed E-state index contributed by atoms with van der Waals surface area (Å²) in [4.78, 5) is 0. The molecule has 0 radical (unpaired) electrons. The van der Waals surface area contributed by atoms with E-state index in [0.29, 0.717) is 6.61 Å². The molecule has 1 nitrogen and oxygen atoms in total. The smallest absolute Gasteiger partial charge is 0.0594 e. The van der Waals surface area contributed by atoms with E-state index >= 15 is 0 Å². The van der Waals surface area contributed by atoms with Gasteiger partial charge in [0, 0.05) is 13.9 Å². The Morgan fingerprint density at radius 3 is 1.16 bits per heavy atom. The molecule has 0 aliphatic heterocycles. The second kappa shape index (κ2) is 21.2. The van der Waals surface area contributed by atoms with Gasteiger partial charge in [0.2, 0.25) is 0 Å². The lowest BCUT2D eigenvalue weighted by Gasteiger charge is -2.28. The Morgan fingerprint density at radius 1 is 0.480 bits per heavy atom. The van der Waals surface area contributed by atoms with Crippen LogP contribution in [0.3, 0.4) is 0 Å². The topological polar surface area (TPSA) is 20.2 Å². The van der Waals surface area contributed by atoms with Crippen LogP contribution in [0.2, 0.25) is 0 Å². The first-order chi connectivity index (χ1) is 11.7. The number of hydrogen-bond acceptors (Lipinski definition) is 1. The molecule has 1 N–H and O–H groups in total. The van der Waals surface area contributed by atoms with Gasteiger partial charge >= 0.3 is 0 Å². The van der Waals surface area contributed by atoms with E-state index in [2.05, 4.69) is 20.8 Å². The predicted molar refractivity (Wildman–Crippen MR) is 115 cm³/mol. The molecular weight excluding hydrogens is 391 g/mol. The maximum Gasteiger partial charge on any atom is 0.0594 e. The molecule has 0 aliphatic carbocycles. The van der Waals surface area contributed by atoms with Gasteiger partial charge in [-0.3, -0.25) is 0 Å². The number of aliphatic hydroxyl groups excluding tert-OH is 1. The van der Waals surface area contributed by atoms with Crippen LogP contribution in [0.25, 0.3) is 0 Å². The molecule has 154 valence electrons. The van der Waals surface area contributed by atoms with Crippen LogP contribution < -0.4 is 17.0 Å². The van der Waals surface area contributed by atoms with Crippen molar-refractivity contribution in [3.63, 3.8) is 0 Å². The van der Waals surface area contributed by atoms with Gasteiger partial charge in [-0.1, -0.05) is 72.1 Å². The molecule has 3 heteroatoms. The summed E-state index contributed by atoms with van der Waals surface area (Å²) in [6.07, 6.45) is 25.7. The Balaban J connectivity index is 0. The molecule has 0 fully saturated rings. The van der Waals surface area contributed by atoms with E-state index in [0.717, 1.165) is 6.42 Å². The largest absolute Gasteiger partial charge is 1.00 e. The minimum absolute atomic E-state index is 0. The quantitative estimate of drug-likeness (QED) is 0.232. The van der Waals surface area contributed by atoms with E-state index in [1.807, 2.05) is 0 Å². The van der Waals surface area contributed by atoms with Crippen molar-refractivity contribution in [2.45, 2.75) is 111 Å². The summed E-state index contributed by atoms with van der Waals surface area (Å²) in [5, 5.41) is 8.80. The fourth-order valence-corrected chi connectivity index (χ4v) is 8.97. The van der Waals surface area contributed by atoms with Gasteiger partial charge in [-0.25, -0.2) is 0 Å². The Morgan fingerprint density at radius 2 is 0.800 bits per heavy atom. The Kier molecular flexibility index (Phi) is 23.8. The highest BCUT2D eigenvalue weighted by atomic mass is 79.9. The maximum atomic E-state index is 8.80. The van der Waals surface area contributed by atoms with Gasteiger partial charge in [0.25, 0.3) is 0 Å². The van der Waals surface area contributed by atoms with Crippen LogP contribution in [0.1, 0.15) is 111 Å². The summed E-state index contributed by atoms with van der Waals surface area (Å²) in [5.41, 5.74) is 0. The summed E-state index contributed by atoms with van der Waals surface area (Å²) in [5.74, 6) is 0. The fraction of sp³-hybridized carbons (Fsp3) is 1.00. The van der Waals surface area contributed by atoms with Crippen LogP contribution in [0.15, 0.2) is 0 Å². The number of hydrogen-bond donors (Lipinski definition) is 1. The summed E-state index contributed by atoms with van der Waals surface area (Å²) < 4.78 is 0. The van der Waals surface area contributed by atoms with Gasteiger partial charge in [-0.05, 0) is 38.5 Å². The molecule has 0 rings (SSSR count). The molecule has 0 aromatic carbocycles. The summed E-state index contributed by atoms with van der Waals surface area (Å²) in [6, 6.07) is 0. The minimum Gasteiger partial charge on any atom is -1.00 e. The maximum absolute atomic E-state index is 8.80. The first-order valence-corrected chi connectivity index (χ1v) is 13.7. The lowest BCUT2D eigenvalue weighted by Crippen LogP contribution is -3.00. The SMILES string of the molecule is CCCC[P+](CCCC)(CCCC)CCCCCCCCCCO.[Br-]. The first-order valence-electron chi connectivity index (χ1n) is 11.2. The summed E-state index contributed by atoms with van der Waals surface area (Å²) in [7, 11) is -0.644. The zero-order chi connectivity index (χ0) is 17.9. The molecule has 0 unspecified atom stereocenters. The molecule has 0 atom stereocenters. The summed E-state index contributed by atoms with van der Waals surface area (Å²) >= 11 is 0. The number of unbranched alkanes of at least 4 members (excludes halogenated alkanes) is 10. The minimum atomic E-state index is -0.644. The van der Waals surface area contributed by atoms with Crippen molar-refractivity contribution in [3.05, 3.63) is 0 Å². The second-order valence-corrected chi connectivity index (χ2v) is 12.3. The summed E-state index contributed by atoms with van der Waals surface area (Å²) in [6.45, 7) is 7.47. The van der Waals surface area contributed by atoms with Crippen molar-refractivity contribution in [1.82, 2.24) is 0 Å². The lowest BCUT2D eigenvalue weighted by molar-refractivity contribution is -0.00000661. The highest BCUT2D eigenvalue weighted by Crippen LogP contribution is 2.61. The van der Waals surface area contributed by atoms with Crippen LogP contribution in [0.4, 0.5) is 0 Å². The van der Waals surface area contributed by atoms with E-state index in [1.165, 1.54) is 83.5 Å². The van der Waals surface area contributed by atoms with Gasteiger partial charge in [-0.2, -0.15) is 0 Å². The van der Waals surface area contributed by atoms with Crippen LogP contribution in [-0.2, 0) is 0 Å². The molecule has 0 spiro atoms. The average Bonchev–Trinajstić information content (AvgIpc) is 2.61. The van der Waals surface area contributed by atoms with Crippen molar-refractivity contribution in [1.29, 1.82) is 0 Å². The third kappa shape index (κ3) is 16.7. The highest BCUT2D eigenvalue weighted by Gasteiger charge is 2.34. The zero-order valence-corrected chi connectivity index (χ0v) is 20.2. The first kappa shape index (κ1) is 28.1. The Hall–Kier alpha value is 0.870. The Labute approximate surface area is 171 Å². The molecular formula is C22H48BrOP. The van der Waals surface area contributed by atoms with Crippen LogP contribution in [-0.4, -0.2) is 36.4 Å². The average molecular weight is 440 g/mol. The molecule has 25 heavy (non-hydrogen) atoms. The van der Waals surface area contributed by atoms with Crippen LogP contribution >= 0.6 is 7.26 Å². The third-order valence-electron chi connectivity index (χ3n) is 5.50. The predicted octanol–water partition coefficient (Wildman–Crippen LogP) is 4.52. The van der Waals surface area contributed by atoms with Gasteiger partial charge in [0.1, 0.15) is 0 Å². The molecule has 0 heterocycles. The molecule has 0 amide bonds. The van der Waals surface area contributed by atoms with E-state index in [4.69, 9.17) is 5.11 Å². The third-order valence-corrected chi connectivity index (χ3v) is 10.6. The van der Waals surface area contributed by atoms with E-state index in [-0.39, 0.29) is 17.0 Å². The van der Waals surface area contributed by atoms with E-state index in [1.54, 1.807) is 24.6 Å². The van der Waals surface area contributed by atoms with Gasteiger partial charge in [0.15, 0.2) is 0 Å². The normalized spacial score (nSPS) is 11.5. The van der Waals surface area contributed by atoms with Gasteiger partial charge in [-0.15, -0.1) is 0 Å². The van der Waals surface area contributed by atoms with Crippen molar-refractivity contribution in [2.24, 2.45) is 0 Å². The number of aliphatic hydroxyl groups is 1. The van der Waals surface area contributed by atoms with Crippen molar-refractivity contribution in [3.8, 4) is 0 Å². The van der Waals surface area contributed by atoms with Gasteiger partial charge < -0.3 is 22.1 Å². The molecule has 0 saturated carbocycles. The van der Waals surface area contributed by atoms with Crippen molar-refractivity contribution >= 4 is 7.26 Å². The monoisotopic (exact) mass is 438 g/mol. The second-order valence-electron chi connectivity index (χ2n) is 7.85. The molecule has 0 aromatic rings. The zero-order valence-electron chi connectivity index (χ0n) is 17.7. The number of rotatable bonds is 19. The van der Waals surface area contributed by atoms with Crippen LogP contribution in [0.5, 0.6) is 0 Å². The molecule has 0 saturated heterocycles. The van der Waals surface area contributed by atoms with E-state index < -0.39 is 7.26 Å². The molecule has 0 bridgehead atoms. The number of halogens is 1. The Bertz CT molecular complexity index is 226. The van der Waals surface area contributed by atoms with Crippen molar-refractivity contribution < 1.29 is 22.1 Å². The fourth-order valence-electron chi connectivity index (χ4n) is 3.77. The van der Waals surface area contributed by atoms with Crippen LogP contribution in [0, 0.1) is 0 Å².